The molecule has 9 heteroatoms. The number of benzene rings is 1. The SMILES string of the molecule is CC12CCC(=O)c3coc(c31)C(=O)c1cc3c(cc12)C(=O)C1=C(NCCS1(=O)=O)C3=O. The maximum absolute atomic E-state index is 13.2. The predicted octanol–water partition coefficient (Wildman–Crippen LogP) is 1.72. The zero-order chi connectivity index (χ0) is 21.9. The van der Waals surface area contributed by atoms with Crippen molar-refractivity contribution in [1.29, 1.82) is 0 Å². The summed E-state index contributed by atoms with van der Waals surface area (Å²) in [6, 6.07) is 2.83. The summed E-state index contributed by atoms with van der Waals surface area (Å²) < 4.78 is 30.6. The molecule has 31 heavy (non-hydrogen) atoms. The highest BCUT2D eigenvalue weighted by Crippen LogP contribution is 2.50. The van der Waals surface area contributed by atoms with Crippen LogP contribution < -0.4 is 5.32 Å². The zero-order valence-electron chi connectivity index (χ0n) is 16.3. The molecular formula is C22H15NO7S. The highest BCUT2D eigenvalue weighted by Gasteiger charge is 2.50. The molecule has 3 aliphatic carbocycles. The van der Waals surface area contributed by atoms with Gasteiger partial charge in [0.2, 0.25) is 17.3 Å². The largest absolute Gasteiger partial charge is 0.460 e. The highest BCUT2D eigenvalue weighted by molar-refractivity contribution is 7.96. The second-order valence-corrected chi connectivity index (χ2v) is 10.5. The number of allylic oxidation sites excluding steroid dienone is 2. The lowest BCUT2D eigenvalue weighted by Crippen LogP contribution is -2.42. The molecule has 0 fully saturated rings. The number of furan rings is 1. The number of hydrogen-bond acceptors (Lipinski definition) is 8. The first-order valence-electron chi connectivity index (χ1n) is 9.84. The lowest BCUT2D eigenvalue weighted by molar-refractivity contribution is 0.0955. The molecule has 8 nitrogen and oxygen atoms in total. The number of Topliss-reactive ketones (excluding diaryl/α,β-unsaturated/α-hetero) is 3. The van der Waals surface area contributed by atoms with Crippen molar-refractivity contribution in [3.05, 3.63) is 68.1 Å². The van der Waals surface area contributed by atoms with E-state index >= 15 is 0 Å². The van der Waals surface area contributed by atoms with E-state index in [2.05, 4.69) is 5.32 Å². The zero-order valence-corrected chi connectivity index (χ0v) is 17.1. The first-order chi connectivity index (χ1) is 14.6. The molecule has 0 saturated heterocycles. The van der Waals surface area contributed by atoms with Gasteiger partial charge in [0.1, 0.15) is 16.9 Å². The van der Waals surface area contributed by atoms with Gasteiger partial charge in [0.15, 0.2) is 21.4 Å². The molecule has 0 amide bonds. The summed E-state index contributed by atoms with van der Waals surface area (Å²) >= 11 is 0. The van der Waals surface area contributed by atoms with Gasteiger partial charge >= 0.3 is 0 Å². The standard InChI is InChI=1S/C22H15NO7S/c1-22-3-2-14(24)12-8-30-20(15(12)22)18(26)11-6-9-10(7-13(11)22)19(27)21-16(17(9)25)23-4-5-31(21,28)29/h6-8,23H,2-5H2,1H3. The summed E-state index contributed by atoms with van der Waals surface area (Å²) in [6.07, 6.45) is 1.94. The van der Waals surface area contributed by atoms with E-state index in [0.29, 0.717) is 23.1 Å². The average molecular weight is 437 g/mol. The van der Waals surface area contributed by atoms with Crippen molar-refractivity contribution < 1.29 is 32.0 Å². The molecule has 1 aromatic carbocycles. The third-order valence-electron chi connectivity index (χ3n) is 6.83. The summed E-state index contributed by atoms with van der Waals surface area (Å²) in [5, 5.41) is 2.74. The van der Waals surface area contributed by atoms with Crippen molar-refractivity contribution >= 4 is 33.0 Å². The van der Waals surface area contributed by atoms with Crippen LogP contribution in [0.1, 0.15) is 78.1 Å². The Bertz CT molecular complexity index is 1460. The maximum atomic E-state index is 13.2. The minimum atomic E-state index is -3.90. The average Bonchev–Trinajstić information content (AvgIpc) is 3.19. The van der Waals surface area contributed by atoms with Gasteiger partial charge in [-0.15, -0.1) is 0 Å². The van der Waals surface area contributed by atoms with Crippen LogP contribution in [0.5, 0.6) is 0 Å². The van der Waals surface area contributed by atoms with Crippen LogP contribution in [0, 0.1) is 0 Å². The van der Waals surface area contributed by atoms with E-state index in [4.69, 9.17) is 4.42 Å². The smallest absolute Gasteiger partial charge is 0.228 e. The molecule has 0 bridgehead atoms. The lowest BCUT2D eigenvalue weighted by Gasteiger charge is -2.39. The predicted molar refractivity (Wildman–Crippen MR) is 106 cm³/mol. The quantitative estimate of drug-likeness (QED) is 0.660. The van der Waals surface area contributed by atoms with E-state index in [1.54, 1.807) is 0 Å². The van der Waals surface area contributed by atoms with Crippen LogP contribution >= 0.6 is 0 Å². The van der Waals surface area contributed by atoms with Gasteiger partial charge in [-0.3, -0.25) is 19.2 Å². The number of nitrogens with one attached hydrogen (secondary N) is 1. The Kier molecular flexibility index (Phi) is 3.26. The van der Waals surface area contributed by atoms with E-state index < -0.39 is 37.5 Å². The second-order valence-electron chi connectivity index (χ2n) is 8.49. The van der Waals surface area contributed by atoms with E-state index in [0.717, 1.165) is 0 Å². The number of carbonyl (C=O) groups excluding carboxylic acids is 4. The molecular weight excluding hydrogens is 422 g/mol. The van der Waals surface area contributed by atoms with Gasteiger partial charge in [-0.1, -0.05) is 6.92 Å². The van der Waals surface area contributed by atoms with Gasteiger partial charge in [-0.25, -0.2) is 8.42 Å². The number of ketones is 4. The van der Waals surface area contributed by atoms with E-state index in [-0.39, 0.29) is 52.6 Å². The van der Waals surface area contributed by atoms with Gasteiger partial charge in [0.25, 0.3) is 0 Å². The topological polar surface area (TPSA) is 128 Å². The fourth-order valence-corrected chi connectivity index (χ4v) is 6.70. The van der Waals surface area contributed by atoms with E-state index in [1.165, 1.54) is 18.4 Å². The van der Waals surface area contributed by atoms with E-state index in [9.17, 15) is 27.6 Å². The molecule has 0 radical (unpaired) electrons. The van der Waals surface area contributed by atoms with Crippen LogP contribution in [0.15, 0.2) is 33.4 Å². The van der Waals surface area contributed by atoms with Crippen molar-refractivity contribution in [2.45, 2.75) is 25.2 Å². The first kappa shape index (κ1) is 18.4. The van der Waals surface area contributed by atoms with Gasteiger partial charge in [-0.2, -0.15) is 0 Å². The Labute approximate surface area is 176 Å². The fourth-order valence-electron chi connectivity index (χ4n) is 5.26. The summed E-state index contributed by atoms with van der Waals surface area (Å²) in [4.78, 5) is 51.4. The number of sulfone groups is 1. The van der Waals surface area contributed by atoms with Crippen LogP contribution in [0.2, 0.25) is 0 Å². The van der Waals surface area contributed by atoms with Crippen LogP contribution in [0.3, 0.4) is 0 Å². The van der Waals surface area contributed by atoms with Crippen molar-refractivity contribution in [3.8, 4) is 0 Å². The third kappa shape index (κ3) is 2.06. The summed E-state index contributed by atoms with van der Waals surface area (Å²) in [7, 11) is -3.90. The summed E-state index contributed by atoms with van der Waals surface area (Å²) in [5.41, 5.74) is 0.543. The van der Waals surface area contributed by atoms with Crippen LogP contribution in [0.25, 0.3) is 0 Å². The molecule has 0 saturated carbocycles. The van der Waals surface area contributed by atoms with Crippen LogP contribution in [-0.2, 0) is 15.3 Å². The fraction of sp³-hybridized carbons (Fsp3) is 0.273. The molecule has 2 aromatic rings. The number of fused-ring (bicyclic) bond motifs is 3. The normalized spacial score (nSPS) is 25.5. The first-order valence-corrected chi connectivity index (χ1v) is 11.5. The molecule has 1 aromatic heterocycles. The van der Waals surface area contributed by atoms with Gasteiger partial charge < -0.3 is 9.73 Å². The Morgan fingerprint density at radius 1 is 0.968 bits per heavy atom. The van der Waals surface area contributed by atoms with Gasteiger partial charge in [0.05, 0.1) is 11.3 Å². The van der Waals surface area contributed by atoms with Gasteiger partial charge in [0, 0.05) is 40.6 Å². The third-order valence-corrected chi connectivity index (χ3v) is 8.58. The molecule has 0 spiro atoms. The molecule has 4 aliphatic rings. The van der Waals surface area contributed by atoms with Crippen LogP contribution in [-0.4, -0.2) is 43.8 Å². The minimum Gasteiger partial charge on any atom is -0.460 e. The Hall–Kier alpha value is -3.33. The molecule has 2 heterocycles. The maximum Gasteiger partial charge on any atom is 0.228 e. The second kappa shape index (κ2) is 5.47. The summed E-state index contributed by atoms with van der Waals surface area (Å²) in [5.74, 6) is -2.15. The Morgan fingerprint density at radius 2 is 1.71 bits per heavy atom. The monoisotopic (exact) mass is 437 g/mol. The van der Waals surface area contributed by atoms with Crippen molar-refractivity contribution in [2.75, 3.05) is 12.3 Å². The molecule has 1 unspecified atom stereocenters. The molecule has 156 valence electrons. The number of rotatable bonds is 0. The summed E-state index contributed by atoms with van der Waals surface area (Å²) in [6.45, 7) is 1.90. The molecule has 1 aliphatic heterocycles. The number of hydrogen-bond donors (Lipinski definition) is 1. The molecule has 1 N–H and O–H groups in total. The number of carbonyl (C=O) groups is 4. The Morgan fingerprint density at radius 3 is 2.48 bits per heavy atom. The van der Waals surface area contributed by atoms with Crippen molar-refractivity contribution in [2.24, 2.45) is 0 Å². The lowest BCUT2D eigenvalue weighted by atomic mass is 9.62. The van der Waals surface area contributed by atoms with Gasteiger partial charge in [-0.05, 0) is 24.1 Å². The van der Waals surface area contributed by atoms with Crippen LogP contribution in [0.4, 0.5) is 0 Å². The van der Waals surface area contributed by atoms with E-state index in [1.807, 2.05) is 6.92 Å². The molecule has 1 atom stereocenters. The van der Waals surface area contributed by atoms with Crippen molar-refractivity contribution in [1.82, 2.24) is 5.32 Å². The minimum absolute atomic E-state index is 0.00818. The van der Waals surface area contributed by atoms with Crippen molar-refractivity contribution in [3.63, 3.8) is 0 Å². The Balaban J connectivity index is 1.64. The highest BCUT2D eigenvalue weighted by atomic mass is 32.2. The molecule has 6 rings (SSSR count).